The molecule has 1 heterocycles. The molecule has 0 spiro atoms. The van der Waals surface area contributed by atoms with Crippen LogP contribution in [0.15, 0.2) is 11.1 Å². The Balaban J connectivity index is 0.000001000. The molecular weight excluding hydrogens is 133 g/mol. The summed E-state index contributed by atoms with van der Waals surface area (Å²) in [4.78, 5) is 10.9. The number of hydrogen-bond donors (Lipinski definition) is 0. The summed E-state index contributed by atoms with van der Waals surface area (Å²) in [5.74, 6) is -0.0237. The van der Waals surface area contributed by atoms with Gasteiger partial charge in [0.25, 0.3) is 0 Å². The van der Waals surface area contributed by atoms with Gasteiger partial charge in [0.05, 0.1) is 5.91 Å². The maximum Gasteiger partial charge on any atom is 1.00 e. The number of rotatable bonds is 1. The molecule has 3 heteroatoms. The quantitative estimate of drug-likeness (QED) is 0.436. The zero-order valence-corrected chi connectivity index (χ0v) is 7.64. The third-order valence-corrected chi connectivity index (χ3v) is 2.00. The van der Waals surface area contributed by atoms with Crippen LogP contribution in [-0.2, 0) is 4.79 Å². The van der Waals surface area contributed by atoms with Gasteiger partial charge in [0, 0.05) is 0 Å². The minimum Gasteiger partial charge on any atom is -0.644 e. The van der Waals surface area contributed by atoms with Gasteiger partial charge in [-0.1, -0.05) is 25.5 Å². The van der Waals surface area contributed by atoms with E-state index in [9.17, 15) is 4.79 Å². The summed E-state index contributed by atoms with van der Waals surface area (Å²) in [6.45, 7) is 5.88. The van der Waals surface area contributed by atoms with E-state index in [1.807, 2.05) is 13.8 Å². The Hall–Kier alpha value is -0.193. The molecule has 1 amide bonds. The van der Waals surface area contributed by atoms with Crippen molar-refractivity contribution in [1.82, 2.24) is 0 Å². The average molecular weight is 145 g/mol. The van der Waals surface area contributed by atoms with Gasteiger partial charge >= 0.3 is 18.9 Å². The number of carbonyl (C=O) groups is 1. The van der Waals surface area contributed by atoms with Crippen molar-refractivity contribution in [2.45, 2.75) is 33.2 Å². The average Bonchev–Trinajstić information content (AvgIpc) is 2.09. The van der Waals surface area contributed by atoms with Crippen molar-refractivity contribution in [2.75, 3.05) is 0 Å². The number of nitrogens with zero attached hydrogens (tertiary/aromatic N) is 1. The molecule has 0 bridgehead atoms. The molecule has 0 aromatic rings. The molecular formula is C8H12LiNO. The monoisotopic (exact) mass is 145 g/mol. The van der Waals surface area contributed by atoms with Crippen LogP contribution in [0.1, 0.15) is 27.2 Å². The van der Waals surface area contributed by atoms with Gasteiger partial charge < -0.3 is 10.1 Å². The minimum atomic E-state index is -0.0237. The van der Waals surface area contributed by atoms with Crippen LogP contribution in [0.4, 0.5) is 0 Å². The first-order valence-electron chi connectivity index (χ1n) is 3.61. The smallest absolute Gasteiger partial charge is 0.644 e. The summed E-state index contributed by atoms with van der Waals surface area (Å²) in [5, 5.41) is 3.91. The fourth-order valence-electron chi connectivity index (χ4n) is 1.36. The van der Waals surface area contributed by atoms with E-state index in [1.54, 1.807) is 0 Å². The van der Waals surface area contributed by atoms with Crippen molar-refractivity contribution in [3.05, 3.63) is 16.5 Å². The van der Waals surface area contributed by atoms with Crippen LogP contribution in [0.25, 0.3) is 5.32 Å². The minimum absolute atomic E-state index is 0. The molecule has 2 nitrogen and oxygen atoms in total. The van der Waals surface area contributed by atoms with Crippen LogP contribution < -0.4 is 18.9 Å². The standard InChI is InChI=1S/C8H13NO.Li/c1-4-7-5(2)8(10)9-6(7)3;/h6H,4H2,1-3H3,(H,9,10);/q;+1/p-1. The van der Waals surface area contributed by atoms with Crippen molar-refractivity contribution in [2.24, 2.45) is 0 Å². The Kier molecular flexibility index (Phi) is 3.92. The molecule has 0 saturated heterocycles. The van der Waals surface area contributed by atoms with Gasteiger partial charge in [0.15, 0.2) is 0 Å². The van der Waals surface area contributed by atoms with Gasteiger partial charge in [-0.25, -0.2) is 0 Å². The van der Waals surface area contributed by atoms with Gasteiger partial charge in [-0.2, -0.15) is 0 Å². The van der Waals surface area contributed by atoms with Gasteiger partial charge in [-0.15, -0.1) is 0 Å². The molecule has 0 aliphatic carbocycles. The molecule has 1 aliphatic rings. The molecule has 1 atom stereocenters. The maximum absolute atomic E-state index is 10.9. The first-order valence-corrected chi connectivity index (χ1v) is 3.61. The third-order valence-electron chi connectivity index (χ3n) is 2.00. The van der Waals surface area contributed by atoms with Gasteiger partial charge in [0.2, 0.25) is 0 Å². The van der Waals surface area contributed by atoms with Crippen LogP contribution in [-0.4, -0.2) is 11.9 Å². The zero-order valence-electron chi connectivity index (χ0n) is 7.64. The summed E-state index contributed by atoms with van der Waals surface area (Å²) < 4.78 is 0. The molecule has 11 heavy (non-hydrogen) atoms. The normalized spacial score (nSPS) is 23.2. The molecule has 0 fully saturated rings. The first-order chi connectivity index (χ1) is 4.66. The fraction of sp³-hybridized carbons (Fsp3) is 0.625. The van der Waals surface area contributed by atoms with Crippen molar-refractivity contribution in [1.29, 1.82) is 0 Å². The Labute approximate surface area is 79.6 Å². The van der Waals surface area contributed by atoms with E-state index in [1.165, 1.54) is 5.57 Å². The summed E-state index contributed by atoms with van der Waals surface area (Å²) in [6.07, 6.45) is 0.947. The maximum atomic E-state index is 10.9. The first kappa shape index (κ1) is 10.8. The Morgan fingerprint density at radius 2 is 2.09 bits per heavy atom. The zero-order chi connectivity index (χ0) is 7.72. The fourth-order valence-corrected chi connectivity index (χ4v) is 1.36. The SMILES string of the molecule is CCC1=C(C)C(=O)[N-]C1C.[Li+]. The Bertz CT molecular complexity index is 198. The van der Waals surface area contributed by atoms with E-state index < -0.39 is 0 Å². The predicted molar refractivity (Wildman–Crippen MR) is 40.8 cm³/mol. The molecule has 0 N–H and O–H groups in total. The second-order valence-electron chi connectivity index (χ2n) is 2.61. The van der Waals surface area contributed by atoms with E-state index in [4.69, 9.17) is 0 Å². The van der Waals surface area contributed by atoms with E-state index in [0.717, 1.165) is 12.0 Å². The molecule has 0 radical (unpaired) electrons. The van der Waals surface area contributed by atoms with Crippen molar-refractivity contribution in [3.63, 3.8) is 0 Å². The van der Waals surface area contributed by atoms with Gasteiger partial charge in [0.1, 0.15) is 0 Å². The Morgan fingerprint density at radius 3 is 2.27 bits per heavy atom. The molecule has 0 saturated carbocycles. The molecule has 1 rings (SSSR count). The summed E-state index contributed by atoms with van der Waals surface area (Å²) in [7, 11) is 0. The van der Waals surface area contributed by atoms with Gasteiger partial charge in [-0.05, 0) is 18.9 Å². The van der Waals surface area contributed by atoms with Crippen molar-refractivity contribution in [3.8, 4) is 0 Å². The molecule has 0 aromatic heterocycles. The summed E-state index contributed by atoms with van der Waals surface area (Å²) >= 11 is 0. The summed E-state index contributed by atoms with van der Waals surface area (Å²) in [6, 6.07) is 0.137. The predicted octanol–water partition coefficient (Wildman–Crippen LogP) is -0.981. The number of amides is 1. The van der Waals surface area contributed by atoms with E-state index in [0.29, 0.717) is 0 Å². The van der Waals surface area contributed by atoms with Crippen molar-refractivity contribution < 1.29 is 23.7 Å². The molecule has 1 aliphatic heterocycles. The van der Waals surface area contributed by atoms with Crippen LogP contribution in [0.5, 0.6) is 0 Å². The van der Waals surface area contributed by atoms with Crippen LogP contribution in [0.2, 0.25) is 0 Å². The second kappa shape index (κ2) is 3.99. The van der Waals surface area contributed by atoms with Crippen LogP contribution >= 0.6 is 0 Å². The summed E-state index contributed by atoms with van der Waals surface area (Å²) in [5.41, 5.74) is 2.06. The molecule has 0 aromatic carbocycles. The molecule has 1 unspecified atom stereocenters. The Morgan fingerprint density at radius 1 is 1.55 bits per heavy atom. The van der Waals surface area contributed by atoms with Crippen molar-refractivity contribution >= 4 is 5.91 Å². The third kappa shape index (κ3) is 1.89. The number of hydrogen-bond acceptors (Lipinski definition) is 1. The van der Waals surface area contributed by atoms with E-state index in [-0.39, 0.29) is 30.8 Å². The second-order valence-corrected chi connectivity index (χ2v) is 2.61. The van der Waals surface area contributed by atoms with E-state index in [2.05, 4.69) is 12.2 Å². The largest absolute Gasteiger partial charge is 1.00 e. The number of carbonyl (C=O) groups excluding carboxylic acids is 1. The van der Waals surface area contributed by atoms with E-state index >= 15 is 0 Å². The van der Waals surface area contributed by atoms with Crippen LogP contribution in [0.3, 0.4) is 0 Å². The topological polar surface area (TPSA) is 31.2 Å². The van der Waals surface area contributed by atoms with Gasteiger partial charge in [-0.3, -0.25) is 0 Å². The molecule has 56 valence electrons. The van der Waals surface area contributed by atoms with Crippen LogP contribution in [0, 0.1) is 0 Å².